The molecule has 2 heterocycles. The lowest BCUT2D eigenvalue weighted by Crippen LogP contribution is -2.01. The van der Waals surface area contributed by atoms with E-state index in [4.69, 9.17) is 4.52 Å². The molecule has 0 radical (unpaired) electrons. The van der Waals surface area contributed by atoms with Crippen LogP contribution in [0.3, 0.4) is 0 Å². The minimum Gasteiger partial charge on any atom is -0.356 e. The van der Waals surface area contributed by atoms with Crippen LogP contribution in [0.4, 0.5) is 0 Å². The number of hydrogen-bond donors (Lipinski definition) is 1. The predicted molar refractivity (Wildman–Crippen MR) is 60.2 cm³/mol. The molecule has 0 spiro atoms. The Labute approximate surface area is 95.6 Å². The Morgan fingerprint density at radius 2 is 2.27 bits per heavy atom. The minimum atomic E-state index is 0.812. The van der Waals surface area contributed by atoms with E-state index in [1.807, 2.05) is 24.3 Å². The normalized spacial score (nSPS) is 14.2. The molecule has 0 aliphatic carbocycles. The number of nitrogens with one attached hydrogen (secondary N) is 1. The number of nitrogens with zero attached hydrogens (tertiary/aromatic N) is 1. The summed E-state index contributed by atoms with van der Waals surface area (Å²) in [6.07, 6.45) is 0. The molecule has 0 fully saturated rings. The van der Waals surface area contributed by atoms with Gasteiger partial charge in [0.2, 0.25) is 0 Å². The van der Waals surface area contributed by atoms with Crippen molar-refractivity contribution in [1.82, 2.24) is 10.5 Å². The van der Waals surface area contributed by atoms with Crippen LogP contribution in [0.2, 0.25) is 0 Å². The van der Waals surface area contributed by atoms with Crippen molar-refractivity contribution in [3.63, 3.8) is 0 Å². The molecule has 1 aromatic heterocycles. The summed E-state index contributed by atoms with van der Waals surface area (Å²) in [5.41, 5.74) is 3.29. The highest BCUT2D eigenvalue weighted by Crippen LogP contribution is 2.30. The van der Waals surface area contributed by atoms with Gasteiger partial charge in [0.05, 0.1) is 0 Å². The highest BCUT2D eigenvalue weighted by molar-refractivity contribution is 9.10. The number of hydrogen-bond acceptors (Lipinski definition) is 3. The van der Waals surface area contributed by atoms with E-state index in [0.29, 0.717) is 0 Å². The van der Waals surface area contributed by atoms with Gasteiger partial charge in [-0.1, -0.05) is 33.2 Å². The first-order chi connectivity index (χ1) is 7.34. The van der Waals surface area contributed by atoms with E-state index in [0.717, 1.165) is 34.6 Å². The Balaban J connectivity index is 2.13. The van der Waals surface area contributed by atoms with Crippen LogP contribution in [-0.4, -0.2) is 5.16 Å². The summed E-state index contributed by atoms with van der Waals surface area (Å²) in [6, 6.07) is 8.07. The third kappa shape index (κ3) is 1.50. The van der Waals surface area contributed by atoms with E-state index < -0.39 is 0 Å². The number of halogens is 1. The van der Waals surface area contributed by atoms with E-state index in [1.165, 1.54) is 5.56 Å². The van der Waals surface area contributed by atoms with Gasteiger partial charge in [0.25, 0.3) is 0 Å². The molecule has 4 heteroatoms. The van der Waals surface area contributed by atoms with Crippen molar-refractivity contribution in [2.75, 3.05) is 0 Å². The van der Waals surface area contributed by atoms with E-state index >= 15 is 0 Å². The van der Waals surface area contributed by atoms with Crippen LogP contribution in [0.1, 0.15) is 11.3 Å². The summed E-state index contributed by atoms with van der Waals surface area (Å²) >= 11 is 3.45. The molecular weight excluding hydrogens is 256 g/mol. The molecule has 15 heavy (non-hydrogen) atoms. The second kappa shape index (κ2) is 3.47. The average Bonchev–Trinajstić information content (AvgIpc) is 2.77. The third-order valence-electron chi connectivity index (χ3n) is 2.55. The van der Waals surface area contributed by atoms with Crippen LogP contribution in [0.5, 0.6) is 0 Å². The van der Waals surface area contributed by atoms with Gasteiger partial charge >= 0.3 is 0 Å². The van der Waals surface area contributed by atoms with Gasteiger partial charge in [-0.05, 0) is 12.1 Å². The lowest BCUT2D eigenvalue weighted by atomic mass is 10.1. The molecule has 3 nitrogen and oxygen atoms in total. The molecule has 2 aromatic rings. The van der Waals surface area contributed by atoms with Crippen molar-refractivity contribution in [2.24, 2.45) is 0 Å². The summed E-state index contributed by atoms with van der Waals surface area (Å²) in [5.74, 6) is 0.885. The van der Waals surface area contributed by atoms with Crippen LogP contribution in [-0.2, 0) is 13.1 Å². The number of benzene rings is 1. The van der Waals surface area contributed by atoms with E-state index in [1.54, 1.807) is 0 Å². The van der Waals surface area contributed by atoms with Gasteiger partial charge in [-0.15, -0.1) is 0 Å². The number of aromatic nitrogens is 1. The van der Waals surface area contributed by atoms with Gasteiger partial charge in [-0.25, -0.2) is 0 Å². The van der Waals surface area contributed by atoms with Crippen LogP contribution >= 0.6 is 15.9 Å². The molecule has 1 aliphatic heterocycles. The monoisotopic (exact) mass is 264 g/mol. The van der Waals surface area contributed by atoms with Crippen molar-refractivity contribution < 1.29 is 4.52 Å². The molecule has 0 unspecified atom stereocenters. The maximum Gasteiger partial charge on any atom is 0.171 e. The molecule has 0 atom stereocenters. The maximum atomic E-state index is 5.37. The Bertz CT molecular complexity index is 507. The van der Waals surface area contributed by atoms with E-state index in [-0.39, 0.29) is 0 Å². The van der Waals surface area contributed by atoms with Crippen LogP contribution < -0.4 is 5.32 Å². The average molecular weight is 265 g/mol. The zero-order valence-corrected chi connectivity index (χ0v) is 9.54. The van der Waals surface area contributed by atoms with Crippen molar-refractivity contribution in [2.45, 2.75) is 13.1 Å². The lowest BCUT2D eigenvalue weighted by Gasteiger charge is -1.98. The fraction of sp³-hybridized carbons (Fsp3) is 0.182. The molecule has 76 valence electrons. The first-order valence-electron chi connectivity index (χ1n) is 4.78. The fourth-order valence-corrected chi connectivity index (χ4v) is 2.23. The molecule has 1 aromatic carbocycles. The first-order valence-corrected chi connectivity index (χ1v) is 5.58. The van der Waals surface area contributed by atoms with Crippen molar-refractivity contribution in [1.29, 1.82) is 0 Å². The predicted octanol–water partition coefficient (Wildman–Crippen LogP) is 2.71. The zero-order valence-electron chi connectivity index (χ0n) is 7.96. The van der Waals surface area contributed by atoms with Gasteiger partial charge in [0.1, 0.15) is 5.69 Å². The standard InChI is InChI=1S/C11H9BrN2O/c12-8-3-1-2-7(4-8)11-9-5-13-6-10(9)14-15-11/h1-4,13H,5-6H2. The van der Waals surface area contributed by atoms with Gasteiger partial charge in [0.15, 0.2) is 5.76 Å². The topological polar surface area (TPSA) is 38.1 Å². The second-order valence-electron chi connectivity index (χ2n) is 3.55. The van der Waals surface area contributed by atoms with Crippen LogP contribution in [0, 0.1) is 0 Å². The second-order valence-corrected chi connectivity index (χ2v) is 4.47. The van der Waals surface area contributed by atoms with Gasteiger partial charge in [0, 0.05) is 28.7 Å². The maximum absolute atomic E-state index is 5.37. The van der Waals surface area contributed by atoms with Crippen LogP contribution in [0.25, 0.3) is 11.3 Å². The van der Waals surface area contributed by atoms with E-state index in [9.17, 15) is 0 Å². The Morgan fingerprint density at radius 3 is 3.13 bits per heavy atom. The smallest absolute Gasteiger partial charge is 0.171 e. The van der Waals surface area contributed by atoms with Gasteiger partial charge < -0.3 is 9.84 Å². The van der Waals surface area contributed by atoms with Crippen molar-refractivity contribution in [3.8, 4) is 11.3 Å². The largest absolute Gasteiger partial charge is 0.356 e. The molecule has 0 saturated heterocycles. The molecule has 1 aliphatic rings. The highest BCUT2D eigenvalue weighted by atomic mass is 79.9. The summed E-state index contributed by atoms with van der Waals surface area (Å²) in [5, 5.41) is 7.31. The lowest BCUT2D eigenvalue weighted by molar-refractivity contribution is 0.417. The van der Waals surface area contributed by atoms with Crippen molar-refractivity contribution in [3.05, 3.63) is 40.0 Å². The zero-order chi connectivity index (χ0) is 10.3. The molecule has 3 rings (SSSR count). The summed E-state index contributed by atoms with van der Waals surface area (Å²) in [7, 11) is 0. The summed E-state index contributed by atoms with van der Waals surface area (Å²) in [4.78, 5) is 0. The quantitative estimate of drug-likeness (QED) is 0.861. The number of rotatable bonds is 1. The Kier molecular flexibility index (Phi) is 2.11. The molecule has 0 saturated carbocycles. The Morgan fingerprint density at radius 1 is 1.33 bits per heavy atom. The summed E-state index contributed by atoms with van der Waals surface area (Å²) in [6.45, 7) is 1.66. The summed E-state index contributed by atoms with van der Waals surface area (Å²) < 4.78 is 6.42. The van der Waals surface area contributed by atoms with Crippen molar-refractivity contribution >= 4 is 15.9 Å². The fourth-order valence-electron chi connectivity index (χ4n) is 1.83. The molecule has 0 bridgehead atoms. The van der Waals surface area contributed by atoms with Gasteiger partial charge in [-0.2, -0.15) is 0 Å². The third-order valence-corrected chi connectivity index (χ3v) is 3.04. The SMILES string of the molecule is Brc1cccc(-c2onc3c2CNC3)c1. The van der Waals surface area contributed by atoms with Gasteiger partial charge in [-0.3, -0.25) is 0 Å². The molecule has 1 N–H and O–H groups in total. The first kappa shape index (κ1) is 9.12. The highest BCUT2D eigenvalue weighted by Gasteiger charge is 2.21. The Hall–Kier alpha value is -1.13. The molecule has 0 amide bonds. The number of fused-ring (bicyclic) bond motifs is 1. The van der Waals surface area contributed by atoms with E-state index in [2.05, 4.69) is 26.4 Å². The van der Waals surface area contributed by atoms with Crippen LogP contribution in [0.15, 0.2) is 33.3 Å². The molecular formula is C11H9BrN2O. The minimum absolute atomic E-state index is 0.812.